The van der Waals surface area contributed by atoms with Gasteiger partial charge in [-0.2, -0.15) is 0 Å². The molecule has 0 saturated heterocycles. The summed E-state index contributed by atoms with van der Waals surface area (Å²) in [6.07, 6.45) is 8.09. The summed E-state index contributed by atoms with van der Waals surface area (Å²) >= 11 is 5.68. The molecule has 0 bridgehead atoms. The Morgan fingerprint density at radius 3 is 2.44 bits per heavy atom. The van der Waals surface area contributed by atoms with Gasteiger partial charge in [-0.15, -0.1) is 0 Å². The minimum atomic E-state index is -0.0254. The first-order chi connectivity index (χ1) is 13.1. The molecule has 2 aliphatic rings. The lowest BCUT2D eigenvalue weighted by molar-refractivity contribution is 0.187. The van der Waals surface area contributed by atoms with Gasteiger partial charge in [0.2, 0.25) is 0 Å². The number of hydrogen-bond donors (Lipinski definition) is 0. The Bertz CT molecular complexity index is 913. The van der Waals surface area contributed by atoms with Gasteiger partial charge in [-0.25, -0.2) is 4.99 Å². The monoisotopic (exact) mass is 374 g/mol. The molecule has 0 radical (unpaired) electrons. The molecule has 1 unspecified atom stereocenters. The molecule has 1 atom stereocenters. The predicted octanol–water partition coefficient (Wildman–Crippen LogP) is 4.34. The van der Waals surface area contributed by atoms with Gasteiger partial charge >= 0.3 is 0 Å². The Morgan fingerprint density at radius 1 is 1.00 bits per heavy atom. The highest BCUT2D eigenvalue weighted by molar-refractivity contribution is 7.80. The Balaban J connectivity index is 1.74. The van der Waals surface area contributed by atoms with Gasteiger partial charge in [0, 0.05) is 32.5 Å². The molecule has 0 amide bonds. The second kappa shape index (κ2) is 7.37. The lowest BCUT2D eigenvalue weighted by atomic mass is 10.1. The van der Waals surface area contributed by atoms with E-state index < -0.39 is 0 Å². The maximum absolute atomic E-state index is 5.68. The van der Waals surface area contributed by atoms with E-state index in [9.17, 15) is 0 Å². The summed E-state index contributed by atoms with van der Waals surface area (Å²) in [5.74, 6) is 0.883. The molecule has 136 valence electrons. The van der Waals surface area contributed by atoms with Gasteiger partial charge in [-0.1, -0.05) is 48.5 Å². The number of amidine groups is 1. The largest absolute Gasteiger partial charge is 0.378 e. The number of thiocarbonyl (C=S) groups is 1. The van der Waals surface area contributed by atoms with Crippen LogP contribution in [0.15, 0.2) is 84.0 Å². The highest BCUT2D eigenvalue weighted by Gasteiger charge is 2.34. The average Bonchev–Trinajstić information content (AvgIpc) is 2.69. The molecule has 5 heteroatoms. The summed E-state index contributed by atoms with van der Waals surface area (Å²) in [5, 5.41) is 0.617. The lowest BCUT2D eigenvalue weighted by Gasteiger charge is -2.43. The molecule has 2 aromatic rings. The third-order valence-electron chi connectivity index (χ3n) is 4.79. The fraction of sp³-hybridized carbons (Fsp3) is 0.182. The predicted molar refractivity (Wildman–Crippen MR) is 116 cm³/mol. The molecule has 0 aromatic heterocycles. The summed E-state index contributed by atoms with van der Waals surface area (Å²) in [6.45, 7) is 0.713. The summed E-state index contributed by atoms with van der Waals surface area (Å²) in [6, 6.07) is 19.0. The number of hydrogen-bond acceptors (Lipinski definition) is 3. The molecule has 4 nitrogen and oxygen atoms in total. The Morgan fingerprint density at radius 2 is 1.74 bits per heavy atom. The molecule has 27 heavy (non-hydrogen) atoms. The first-order valence-corrected chi connectivity index (χ1v) is 9.38. The van der Waals surface area contributed by atoms with Gasteiger partial charge in [-0.05, 0) is 47.6 Å². The molecule has 0 fully saturated rings. The minimum absolute atomic E-state index is 0.0254. The van der Waals surface area contributed by atoms with Gasteiger partial charge in [0.15, 0.2) is 5.11 Å². The second-order valence-corrected chi connectivity index (χ2v) is 7.20. The van der Waals surface area contributed by atoms with Crippen LogP contribution in [-0.2, 0) is 6.54 Å². The molecular weight excluding hydrogens is 352 g/mol. The van der Waals surface area contributed by atoms with E-state index in [2.05, 4.69) is 88.5 Å². The van der Waals surface area contributed by atoms with Crippen molar-refractivity contribution in [2.45, 2.75) is 12.7 Å². The van der Waals surface area contributed by atoms with E-state index in [1.165, 1.54) is 16.8 Å². The highest BCUT2D eigenvalue weighted by atomic mass is 32.1. The topological polar surface area (TPSA) is 22.1 Å². The van der Waals surface area contributed by atoms with Crippen molar-refractivity contribution in [3.63, 3.8) is 0 Å². The van der Waals surface area contributed by atoms with Crippen LogP contribution in [-0.4, -0.2) is 34.8 Å². The molecule has 0 aliphatic carbocycles. The third-order valence-corrected chi connectivity index (χ3v) is 5.11. The van der Waals surface area contributed by atoms with E-state index in [0.29, 0.717) is 11.7 Å². The molecule has 2 aliphatic heterocycles. The molecule has 0 N–H and O–H groups in total. The van der Waals surface area contributed by atoms with Crippen molar-refractivity contribution < 1.29 is 0 Å². The summed E-state index contributed by atoms with van der Waals surface area (Å²) in [7, 11) is 4.10. The highest BCUT2D eigenvalue weighted by Crippen LogP contribution is 2.33. The standard InChI is InChI=1S/C22H22N4S/c1-24(2)19-13-11-18(12-14-19)21-25-15-7-6-10-20(25)23-22(27)26(21)16-17-8-4-3-5-9-17/h3-15,21H,16H2,1-2H3. The number of nitrogens with zero attached hydrogens (tertiary/aromatic N) is 4. The zero-order valence-corrected chi connectivity index (χ0v) is 16.3. The molecule has 4 rings (SSSR count). The van der Waals surface area contributed by atoms with Crippen molar-refractivity contribution in [1.29, 1.82) is 0 Å². The summed E-state index contributed by atoms with van der Waals surface area (Å²) in [5.41, 5.74) is 3.57. The Hall–Kier alpha value is -2.92. The van der Waals surface area contributed by atoms with Gasteiger partial charge in [0.05, 0.1) is 0 Å². The van der Waals surface area contributed by atoms with E-state index in [-0.39, 0.29) is 6.17 Å². The van der Waals surface area contributed by atoms with Gasteiger partial charge in [0.1, 0.15) is 12.0 Å². The lowest BCUT2D eigenvalue weighted by Crippen LogP contribution is -2.48. The van der Waals surface area contributed by atoms with Crippen molar-refractivity contribution in [3.8, 4) is 0 Å². The minimum Gasteiger partial charge on any atom is -0.378 e. The van der Waals surface area contributed by atoms with Crippen molar-refractivity contribution in [2.75, 3.05) is 19.0 Å². The van der Waals surface area contributed by atoms with Crippen LogP contribution in [0.3, 0.4) is 0 Å². The number of anilines is 1. The average molecular weight is 375 g/mol. The molecule has 2 aromatic carbocycles. The smallest absolute Gasteiger partial charge is 0.199 e. The van der Waals surface area contributed by atoms with Crippen molar-refractivity contribution in [2.24, 2.45) is 4.99 Å². The molecular formula is C22H22N4S. The zero-order chi connectivity index (χ0) is 18.8. The van der Waals surface area contributed by atoms with Crippen LogP contribution in [0.4, 0.5) is 5.69 Å². The van der Waals surface area contributed by atoms with E-state index in [1.807, 2.05) is 24.3 Å². The zero-order valence-electron chi connectivity index (χ0n) is 15.5. The molecule has 0 saturated carbocycles. The van der Waals surface area contributed by atoms with Crippen LogP contribution < -0.4 is 4.90 Å². The van der Waals surface area contributed by atoms with Gasteiger partial charge in [-0.3, -0.25) is 0 Å². The molecule has 0 spiro atoms. The second-order valence-electron chi connectivity index (χ2n) is 6.83. The van der Waals surface area contributed by atoms with E-state index in [1.54, 1.807) is 0 Å². The maximum atomic E-state index is 5.68. The van der Waals surface area contributed by atoms with Crippen molar-refractivity contribution >= 4 is 28.9 Å². The Labute approximate surface area is 165 Å². The summed E-state index contributed by atoms with van der Waals surface area (Å²) < 4.78 is 0. The number of benzene rings is 2. The van der Waals surface area contributed by atoms with Crippen LogP contribution in [0.2, 0.25) is 0 Å². The van der Waals surface area contributed by atoms with E-state index >= 15 is 0 Å². The van der Waals surface area contributed by atoms with E-state index in [4.69, 9.17) is 12.2 Å². The first kappa shape index (κ1) is 17.5. The summed E-state index contributed by atoms with van der Waals surface area (Å²) in [4.78, 5) is 11.1. The van der Waals surface area contributed by atoms with E-state index in [0.717, 1.165) is 5.84 Å². The quantitative estimate of drug-likeness (QED) is 0.743. The number of rotatable bonds is 4. The van der Waals surface area contributed by atoms with Crippen LogP contribution in [0.1, 0.15) is 17.3 Å². The molecule has 2 heterocycles. The number of allylic oxidation sites excluding steroid dienone is 2. The number of aliphatic imine (C=N–C) groups is 1. The SMILES string of the molecule is CN(C)c1ccc(C2N3C=CC=CC3=NC(=S)N2Cc2ccccc2)cc1. The van der Waals surface area contributed by atoms with Crippen LogP contribution in [0.25, 0.3) is 0 Å². The third kappa shape index (κ3) is 3.51. The Kier molecular flexibility index (Phi) is 4.77. The van der Waals surface area contributed by atoms with Crippen molar-refractivity contribution in [3.05, 3.63) is 90.2 Å². The maximum Gasteiger partial charge on any atom is 0.199 e. The van der Waals surface area contributed by atoms with Crippen LogP contribution in [0, 0.1) is 0 Å². The first-order valence-electron chi connectivity index (χ1n) is 8.97. The van der Waals surface area contributed by atoms with Crippen molar-refractivity contribution in [1.82, 2.24) is 9.80 Å². The normalized spacial score (nSPS) is 18.4. The number of fused-ring (bicyclic) bond motifs is 1. The fourth-order valence-corrected chi connectivity index (χ4v) is 3.64. The van der Waals surface area contributed by atoms with Gasteiger partial charge in [0.25, 0.3) is 0 Å². The van der Waals surface area contributed by atoms with Gasteiger partial charge < -0.3 is 14.7 Å². The van der Waals surface area contributed by atoms with Crippen LogP contribution >= 0.6 is 12.2 Å². The van der Waals surface area contributed by atoms with Crippen LogP contribution in [0.5, 0.6) is 0 Å². The fourth-order valence-electron chi connectivity index (χ4n) is 3.38.